The Kier molecular flexibility index (Phi) is 8.16. The van der Waals surface area contributed by atoms with E-state index in [1.54, 1.807) is 44.1 Å². The van der Waals surface area contributed by atoms with Crippen molar-refractivity contribution in [2.45, 2.75) is 50.7 Å². The molecule has 0 bridgehead atoms. The second-order valence-electron chi connectivity index (χ2n) is 9.67. The number of aliphatic hydroxyl groups is 1. The van der Waals surface area contributed by atoms with Crippen LogP contribution >= 0.6 is 7.75 Å². The summed E-state index contributed by atoms with van der Waals surface area (Å²) in [5, 5.41) is 13.1. The number of benzene rings is 1. The molecule has 1 saturated heterocycles. The zero-order valence-corrected chi connectivity index (χ0v) is 23.6. The van der Waals surface area contributed by atoms with Crippen LogP contribution in [0.3, 0.4) is 0 Å². The quantitative estimate of drug-likeness (QED) is 0.266. The van der Waals surface area contributed by atoms with Gasteiger partial charge >= 0.3 is 13.7 Å². The van der Waals surface area contributed by atoms with E-state index in [9.17, 15) is 14.5 Å². The fraction of sp³-hybridized carbons (Fsp3) is 0.500. The van der Waals surface area contributed by atoms with Crippen LogP contribution in [0.2, 0.25) is 0 Å². The second-order valence-corrected chi connectivity index (χ2v) is 11.4. The van der Waals surface area contributed by atoms with Crippen molar-refractivity contribution in [2.24, 2.45) is 0 Å². The Labute approximate surface area is 229 Å². The molecule has 2 N–H and O–H groups in total. The van der Waals surface area contributed by atoms with Crippen LogP contribution < -0.4 is 14.5 Å². The van der Waals surface area contributed by atoms with Crippen LogP contribution in [-0.4, -0.2) is 82.1 Å². The molecule has 2 aromatic heterocycles. The van der Waals surface area contributed by atoms with E-state index in [0.717, 1.165) is 18.6 Å². The number of rotatable bonds is 10. The maximum atomic E-state index is 16.2. The average Bonchev–Trinajstić information content (AvgIpc) is 3.39. The van der Waals surface area contributed by atoms with Crippen LogP contribution in [0, 0.1) is 6.92 Å². The van der Waals surface area contributed by atoms with Crippen LogP contribution in [0.25, 0.3) is 11.2 Å². The van der Waals surface area contributed by atoms with E-state index in [-0.39, 0.29) is 11.4 Å². The molecule has 0 amide bonds. The summed E-state index contributed by atoms with van der Waals surface area (Å²) in [7, 11) is 0.0845. The van der Waals surface area contributed by atoms with Crippen molar-refractivity contribution < 1.29 is 41.8 Å². The number of anilines is 1. The number of hydrogen-bond donors (Lipinski definition) is 2. The zero-order valence-electron chi connectivity index (χ0n) is 22.7. The summed E-state index contributed by atoms with van der Waals surface area (Å²) in [6, 6.07) is 6.57. The van der Waals surface area contributed by atoms with Gasteiger partial charge in [-0.2, -0.15) is 5.09 Å². The summed E-state index contributed by atoms with van der Waals surface area (Å²) in [5.41, 5.74) is -2.27. The highest BCUT2D eigenvalue weighted by Crippen LogP contribution is 2.52. The Morgan fingerprint density at radius 1 is 1.30 bits per heavy atom. The molecule has 1 aromatic carbocycles. The van der Waals surface area contributed by atoms with E-state index in [1.807, 2.05) is 0 Å². The van der Waals surface area contributed by atoms with Crippen molar-refractivity contribution >= 4 is 30.7 Å². The molecule has 0 aliphatic carbocycles. The van der Waals surface area contributed by atoms with Gasteiger partial charge in [0.25, 0.3) is 5.85 Å². The molecule has 16 heteroatoms. The highest BCUT2D eigenvalue weighted by atomic mass is 31.2. The number of hydrogen-bond acceptors (Lipinski definition) is 11. The number of aryl methyl sites for hydroxylation is 1. The van der Waals surface area contributed by atoms with Crippen LogP contribution in [0.5, 0.6) is 5.75 Å². The van der Waals surface area contributed by atoms with Gasteiger partial charge in [0, 0.05) is 14.1 Å². The number of aliphatic hydroxyl groups excluding tert-OH is 1. The second kappa shape index (κ2) is 11.0. The number of halogens is 2. The summed E-state index contributed by atoms with van der Waals surface area (Å²) in [4.78, 5) is 26.5. The van der Waals surface area contributed by atoms with Crippen LogP contribution in [-0.2, 0) is 23.4 Å². The van der Waals surface area contributed by atoms with Crippen molar-refractivity contribution in [3.63, 3.8) is 0 Å². The molecule has 1 fully saturated rings. The van der Waals surface area contributed by atoms with Gasteiger partial charge in [-0.3, -0.25) is 13.9 Å². The first-order valence-electron chi connectivity index (χ1n) is 12.2. The van der Waals surface area contributed by atoms with E-state index in [4.69, 9.17) is 13.8 Å². The molecule has 0 unspecified atom stereocenters. The lowest BCUT2D eigenvalue weighted by Crippen LogP contribution is -2.47. The third-order valence-corrected chi connectivity index (χ3v) is 7.85. The molecule has 6 atom stereocenters. The lowest BCUT2D eigenvalue weighted by atomic mass is 9.97. The molecule has 1 aliphatic rings. The predicted molar refractivity (Wildman–Crippen MR) is 139 cm³/mol. The van der Waals surface area contributed by atoms with Crippen molar-refractivity contribution in [3.05, 3.63) is 42.5 Å². The van der Waals surface area contributed by atoms with Crippen LogP contribution in [0.15, 0.2) is 36.7 Å². The number of methoxy groups -OCH3 is 1. The zero-order chi connectivity index (χ0) is 29.5. The molecule has 0 spiro atoms. The third-order valence-electron chi connectivity index (χ3n) is 6.23. The smallest absolute Gasteiger partial charge is 0.459 e. The van der Waals surface area contributed by atoms with Gasteiger partial charge in [0.1, 0.15) is 24.2 Å². The largest absolute Gasteiger partial charge is 0.468 e. The number of nitrogens with one attached hydrogen (secondary N) is 1. The molecule has 3 heterocycles. The normalized spacial score (nSPS) is 26.8. The molecule has 0 saturated carbocycles. The number of nitrogens with zero attached hydrogens (tertiary/aromatic N) is 5. The Balaban J connectivity index is 1.64. The first-order chi connectivity index (χ1) is 18.7. The van der Waals surface area contributed by atoms with E-state index in [1.165, 1.54) is 25.4 Å². The molecule has 0 radical (unpaired) electrons. The van der Waals surface area contributed by atoms with Gasteiger partial charge in [0.2, 0.25) is 0 Å². The standard InChI is InChI=1S/C24H31F2N6O7P/c1-14(20(33)36-6)30-40(35,39-16-10-8-7-9-11-16)37-12-24(26)21(34)23(3,25)22(38-24)32-13-27-17-18(31(4)5)28-15(2)29-19(17)32/h7-11,13-14,21-22,34H,12H2,1-6H3,(H,30,35)/t14-,21+,22-,23-,24-,40+/m1/s1. The number of carbonyl (C=O) groups excluding carboxylic acids is 1. The monoisotopic (exact) mass is 584 g/mol. The number of imidazole rings is 1. The number of aromatic nitrogens is 4. The number of carbonyl (C=O) groups is 1. The van der Waals surface area contributed by atoms with Gasteiger partial charge in [-0.05, 0) is 32.9 Å². The molecule has 4 rings (SSSR count). The van der Waals surface area contributed by atoms with E-state index in [2.05, 4.69) is 24.8 Å². The summed E-state index contributed by atoms with van der Waals surface area (Å²) < 4.78 is 67.7. The van der Waals surface area contributed by atoms with Gasteiger partial charge in [-0.1, -0.05) is 18.2 Å². The maximum absolute atomic E-state index is 16.2. The Morgan fingerprint density at radius 3 is 2.60 bits per heavy atom. The van der Waals surface area contributed by atoms with Crippen molar-refractivity contribution in [3.8, 4) is 5.75 Å². The molecule has 3 aromatic rings. The van der Waals surface area contributed by atoms with Crippen molar-refractivity contribution in [1.82, 2.24) is 24.6 Å². The number of fused-ring (bicyclic) bond motifs is 1. The fourth-order valence-corrected chi connectivity index (χ4v) is 5.71. The van der Waals surface area contributed by atoms with Gasteiger partial charge < -0.3 is 24.0 Å². The van der Waals surface area contributed by atoms with Crippen LogP contribution in [0.1, 0.15) is 25.9 Å². The number of alkyl halides is 2. The maximum Gasteiger partial charge on any atom is 0.459 e. The lowest BCUT2D eigenvalue weighted by molar-refractivity contribution is -0.202. The SMILES string of the molecule is COC(=O)[C@@H](C)N[P@](=O)(OC[C@@]1(F)O[C@@H](n2cnc3c(N(C)C)nc(C)nc32)[C@](C)(F)[C@@H]1O)Oc1ccccc1. The van der Waals surface area contributed by atoms with Gasteiger partial charge in [0.15, 0.2) is 35.0 Å². The summed E-state index contributed by atoms with van der Waals surface area (Å²) >= 11 is 0. The van der Waals surface area contributed by atoms with Gasteiger partial charge in [0.05, 0.1) is 13.4 Å². The van der Waals surface area contributed by atoms with Crippen molar-refractivity contribution in [2.75, 3.05) is 32.7 Å². The Hall–Kier alpha value is -3.23. The van der Waals surface area contributed by atoms with Crippen LogP contribution in [0.4, 0.5) is 14.6 Å². The lowest BCUT2D eigenvalue weighted by Gasteiger charge is -2.28. The third kappa shape index (κ3) is 5.65. The summed E-state index contributed by atoms with van der Waals surface area (Å²) in [5.74, 6) is -3.15. The minimum Gasteiger partial charge on any atom is -0.468 e. The number of esters is 1. The van der Waals surface area contributed by atoms with E-state index >= 15 is 8.78 Å². The molecule has 1 aliphatic heterocycles. The van der Waals surface area contributed by atoms with Gasteiger partial charge in [-0.15, -0.1) is 0 Å². The molecular formula is C24H31F2N6O7P. The highest BCUT2D eigenvalue weighted by Gasteiger charge is 2.65. The predicted octanol–water partition coefficient (Wildman–Crippen LogP) is 2.84. The molecular weight excluding hydrogens is 553 g/mol. The minimum absolute atomic E-state index is 0.0704. The minimum atomic E-state index is -4.52. The highest BCUT2D eigenvalue weighted by molar-refractivity contribution is 7.52. The Bertz CT molecular complexity index is 1430. The molecule has 13 nitrogen and oxygen atoms in total. The van der Waals surface area contributed by atoms with Crippen molar-refractivity contribution in [1.29, 1.82) is 0 Å². The van der Waals surface area contributed by atoms with E-state index in [0.29, 0.717) is 17.2 Å². The summed E-state index contributed by atoms with van der Waals surface area (Å²) in [6.07, 6.45) is -2.94. The van der Waals surface area contributed by atoms with E-state index < -0.39 is 50.2 Å². The fourth-order valence-electron chi connectivity index (χ4n) is 4.20. The summed E-state index contributed by atoms with van der Waals surface area (Å²) in [6.45, 7) is 2.67. The first-order valence-corrected chi connectivity index (χ1v) is 13.7. The topological polar surface area (TPSA) is 150 Å². The number of para-hydroxylation sites is 1. The number of ether oxygens (including phenoxy) is 2. The molecule has 40 heavy (non-hydrogen) atoms. The Morgan fingerprint density at radius 2 is 1.98 bits per heavy atom. The van der Waals surface area contributed by atoms with Gasteiger partial charge in [-0.25, -0.2) is 28.3 Å². The first kappa shape index (κ1) is 29.7. The average molecular weight is 585 g/mol. The molecule has 218 valence electrons.